The van der Waals surface area contributed by atoms with Crippen molar-refractivity contribution in [2.24, 2.45) is 11.7 Å². The summed E-state index contributed by atoms with van der Waals surface area (Å²) in [5.41, 5.74) is 4.71. The van der Waals surface area contributed by atoms with E-state index >= 15 is 0 Å². The van der Waals surface area contributed by atoms with Crippen LogP contribution in [0.1, 0.15) is 20.7 Å². The molecule has 2 amide bonds. The van der Waals surface area contributed by atoms with Crippen molar-refractivity contribution in [3.05, 3.63) is 35.4 Å². The van der Waals surface area contributed by atoms with E-state index in [-0.39, 0.29) is 17.1 Å². The number of rotatable bonds is 2. The summed E-state index contributed by atoms with van der Waals surface area (Å²) in [7, 11) is 0. The van der Waals surface area contributed by atoms with Crippen LogP contribution in [-0.4, -0.2) is 11.8 Å². The molecule has 1 aromatic rings. The molecule has 0 aliphatic heterocycles. The normalized spacial score (nSPS) is 8.67. The second kappa shape index (κ2) is 6.15. The van der Waals surface area contributed by atoms with Gasteiger partial charge in [0.2, 0.25) is 0 Å². The maximum absolute atomic E-state index is 11.0. The number of carbonyl (C=O) groups is 2. The van der Waals surface area contributed by atoms with Gasteiger partial charge in [0.05, 0.1) is 0 Å². The number of benzene rings is 1. The summed E-state index contributed by atoms with van der Waals surface area (Å²) in [6.45, 7) is 0. The average Bonchev–Trinajstić information content (AvgIpc) is 2.27. The molecule has 0 unspecified atom stereocenters. The molecule has 1 rings (SSSR count). The van der Waals surface area contributed by atoms with E-state index in [1.54, 1.807) is 0 Å². The van der Waals surface area contributed by atoms with E-state index in [0.717, 1.165) is 0 Å². The van der Waals surface area contributed by atoms with Gasteiger partial charge in [-0.1, -0.05) is 0 Å². The Morgan fingerprint density at radius 3 is 1.33 bits per heavy atom. The summed E-state index contributed by atoms with van der Waals surface area (Å²) in [5, 5.41) is 0. The summed E-state index contributed by atoms with van der Waals surface area (Å²) in [6, 6.07) is 5.92. The molecule has 0 aliphatic rings. The van der Waals surface area contributed by atoms with E-state index in [1.807, 2.05) is 10.9 Å². The molecule has 0 fully saturated rings. The van der Waals surface area contributed by atoms with Gasteiger partial charge in [-0.15, -0.1) is 0 Å². The van der Waals surface area contributed by atoms with Gasteiger partial charge in [-0.3, -0.25) is 20.4 Å². The number of hydrogen-bond acceptors (Lipinski definition) is 4. The SMILES string of the molecule is NNC(=O)c1ccc(C(=O)NN)cc1.[Mn]. The molecule has 0 saturated heterocycles. The Bertz CT molecular complexity index is 317. The minimum atomic E-state index is -0.412. The summed E-state index contributed by atoms with van der Waals surface area (Å²) < 4.78 is 0. The first-order valence-electron chi connectivity index (χ1n) is 3.81. The molecule has 81 valence electrons. The molecule has 6 N–H and O–H groups in total. The van der Waals surface area contributed by atoms with Crippen LogP contribution < -0.4 is 22.5 Å². The van der Waals surface area contributed by atoms with Crippen molar-refractivity contribution < 1.29 is 26.7 Å². The molecule has 1 radical (unpaired) electrons. The van der Waals surface area contributed by atoms with Crippen LogP contribution in [0.15, 0.2) is 24.3 Å². The van der Waals surface area contributed by atoms with E-state index in [1.165, 1.54) is 24.3 Å². The predicted octanol–water partition coefficient (Wildman–Crippen LogP) is -1.11. The van der Waals surface area contributed by atoms with Gasteiger partial charge in [-0.05, 0) is 24.3 Å². The minimum absolute atomic E-state index is 0. The fourth-order valence-electron chi connectivity index (χ4n) is 0.940. The number of hydrogen-bond donors (Lipinski definition) is 4. The molecular weight excluding hydrogens is 239 g/mol. The molecule has 0 heterocycles. The van der Waals surface area contributed by atoms with E-state index in [2.05, 4.69) is 0 Å². The molecule has 0 bridgehead atoms. The molecule has 6 nitrogen and oxygen atoms in total. The first-order chi connectivity index (χ1) is 6.69. The molecular formula is C8H10MnN4O2. The Morgan fingerprint density at radius 2 is 1.13 bits per heavy atom. The predicted molar refractivity (Wildman–Crippen MR) is 49.7 cm³/mol. The number of nitrogens with one attached hydrogen (secondary N) is 2. The van der Waals surface area contributed by atoms with E-state index < -0.39 is 11.8 Å². The Balaban J connectivity index is 0.00000196. The number of hydrazine groups is 2. The Hall–Kier alpha value is -1.40. The first kappa shape index (κ1) is 13.6. The van der Waals surface area contributed by atoms with Crippen LogP contribution >= 0.6 is 0 Å². The third-order valence-corrected chi connectivity index (χ3v) is 1.67. The van der Waals surface area contributed by atoms with Crippen LogP contribution in [0.25, 0.3) is 0 Å². The quantitative estimate of drug-likeness (QED) is 0.230. The molecule has 0 atom stereocenters. The molecule has 0 saturated carbocycles. The van der Waals surface area contributed by atoms with Crippen molar-refractivity contribution in [3.63, 3.8) is 0 Å². The van der Waals surface area contributed by atoms with Crippen molar-refractivity contribution in [3.8, 4) is 0 Å². The van der Waals surface area contributed by atoms with Gasteiger partial charge in [0, 0.05) is 28.2 Å². The van der Waals surface area contributed by atoms with Crippen LogP contribution in [0, 0.1) is 0 Å². The maximum Gasteiger partial charge on any atom is 0.265 e. The zero-order chi connectivity index (χ0) is 10.6. The van der Waals surface area contributed by atoms with Gasteiger partial charge in [-0.2, -0.15) is 0 Å². The van der Waals surface area contributed by atoms with Gasteiger partial charge in [0.15, 0.2) is 0 Å². The summed E-state index contributed by atoms with van der Waals surface area (Å²) >= 11 is 0. The van der Waals surface area contributed by atoms with Gasteiger partial charge in [0.25, 0.3) is 11.8 Å². The zero-order valence-corrected chi connectivity index (χ0v) is 8.84. The van der Waals surface area contributed by atoms with Crippen molar-refractivity contribution >= 4 is 11.8 Å². The van der Waals surface area contributed by atoms with Crippen molar-refractivity contribution in [2.45, 2.75) is 0 Å². The topological polar surface area (TPSA) is 110 Å². The monoisotopic (exact) mass is 249 g/mol. The van der Waals surface area contributed by atoms with E-state index in [9.17, 15) is 9.59 Å². The van der Waals surface area contributed by atoms with Crippen LogP contribution in [-0.2, 0) is 17.1 Å². The number of carbonyl (C=O) groups excluding carboxylic acids is 2. The van der Waals surface area contributed by atoms with Crippen molar-refractivity contribution in [1.82, 2.24) is 10.9 Å². The van der Waals surface area contributed by atoms with Crippen LogP contribution in [0.5, 0.6) is 0 Å². The smallest absolute Gasteiger partial charge is 0.265 e. The van der Waals surface area contributed by atoms with Gasteiger partial charge >= 0.3 is 0 Å². The molecule has 15 heavy (non-hydrogen) atoms. The largest absolute Gasteiger partial charge is 0.290 e. The van der Waals surface area contributed by atoms with Crippen molar-refractivity contribution in [1.29, 1.82) is 0 Å². The first-order valence-corrected chi connectivity index (χ1v) is 3.81. The fourth-order valence-corrected chi connectivity index (χ4v) is 0.940. The van der Waals surface area contributed by atoms with E-state index in [0.29, 0.717) is 11.1 Å². The standard InChI is InChI=1S/C8H10N4O2.Mn/c9-11-7(13)5-1-2-6(4-3-5)8(14)12-10;/h1-4H,9-10H2,(H,11,13)(H,12,14);. The second-order valence-corrected chi connectivity index (χ2v) is 2.52. The maximum atomic E-state index is 11.0. The van der Waals surface area contributed by atoms with Gasteiger partial charge in [0.1, 0.15) is 0 Å². The molecule has 0 aliphatic carbocycles. The Morgan fingerprint density at radius 1 is 0.867 bits per heavy atom. The minimum Gasteiger partial charge on any atom is -0.290 e. The van der Waals surface area contributed by atoms with Crippen LogP contribution in [0.2, 0.25) is 0 Å². The van der Waals surface area contributed by atoms with Gasteiger partial charge < -0.3 is 0 Å². The van der Waals surface area contributed by atoms with Gasteiger partial charge in [-0.25, -0.2) is 11.7 Å². The second-order valence-electron chi connectivity index (χ2n) is 2.52. The third kappa shape index (κ3) is 3.34. The number of nitrogens with two attached hydrogens (primary N) is 2. The summed E-state index contributed by atoms with van der Waals surface area (Å²) in [4.78, 5) is 22.0. The van der Waals surface area contributed by atoms with E-state index in [4.69, 9.17) is 11.7 Å². The Kier molecular flexibility index (Phi) is 5.58. The molecule has 7 heteroatoms. The summed E-state index contributed by atoms with van der Waals surface area (Å²) in [6.07, 6.45) is 0. The van der Waals surface area contributed by atoms with Crippen LogP contribution in [0.3, 0.4) is 0 Å². The third-order valence-electron chi connectivity index (χ3n) is 1.67. The molecule has 0 aromatic heterocycles. The molecule has 0 spiro atoms. The number of nitrogen functional groups attached to an aromatic ring is 2. The Labute approximate surface area is 96.8 Å². The zero-order valence-electron chi connectivity index (χ0n) is 7.66. The van der Waals surface area contributed by atoms with Crippen LogP contribution in [0.4, 0.5) is 0 Å². The molecule has 1 aromatic carbocycles. The number of amides is 2. The average molecular weight is 249 g/mol. The van der Waals surface area contributed by atoms with Crippen molar-refractivity contribution in [2.75, 3.05) is 0 Å². The summed E-state index contributed by atoms with van der Waals surface area (Å²) in [5.74, 6) is 9.03. The fraction of sp³-hybridized carbons (Fsp3) is 0.